The van der Waals surface area contributed by atoms with Gasteiger partial charge in [-0.1, -0.05) is 143 Å². The Morgan fingerprint density at radius 1 is 0.590 bits per heavy atom. The molecular weight excluding hydrogens is 797 g/mol. The van der Waals surface area contributed by atoms with Crippen molar-refractivity contribution < 1.29 is 52.6 Å². The number of carboxylic acids is 1. The van der Waals surface area contributed by atoms with E-state index in [-0.39, 0.29) is 12.8 Å². The van der Waals surface area contributed by atoms with Crippen LogP contribution < -0.4 is 5.73 Å². The van der Waals surface area contributed by atoms with Gasteiger partial charge in [0.1, 0.15) is 12.6 Å². The molecule has 0 aromatic carbocycles. The number of aliphatic carboxylic acids is 1. The van der Waals surface area contributed by atoms with Crippen LogP contribution in [0.5, 0.6) is 0 Å². The molecule has 0 heterocycles. The quantitative estimate of drug-likeness (QED) is 0.0150. The Bertz CT molecular complexity index is 1420. The fourth-order valence-electron chi connectivity index (χ4n) is 5.30. The number of aliphatic hydroxyl groups is 1. The van der Waals surface area contributed by atoms with Crippen molar-refractivity contribution in [1.82, 2.24) is 0 Å². The van der Waals surface area contributed by atoms with Crippen molar-refractivity contribution >= 4 is 25.7 Å². The van der Waals surface area contributed by atoms with Crippen LogP contribution >= 0.6 is 7.82 Å². The van der Waals surface area contributed by atoms with Gasteiger partial charge in [0.15, 0.2) is 6.10 Å². The van der Waals surface area contributed by atoms with Crippen molar-refractivity contribution in [2.75, 3.05) is 19.8 Å². The Kier molecular flexibility index (Phi) is 39.2. The number of allylic oxidation sites excluding steroid dienone is 14. The topological polar surface area (TPSA) is 192 Å². The summed E-state index contributed by atoms with van der Waals surface area (Å²) >= 11 is 0. The molecule has 2 unspecified atom stereocenters. The van der Waals surface area contributed by atoms with Crippen LogP contribution in [0.3, 0.4) is 0 Å². The van der Waals surface area contributed by atoms with E-state index in [0.29, 0.717) is 25.7 Å². The summed E-state index contributed by atoms with van der Waals surface area (Å²) in [6.07, 6.45) is 49.3. The lowest BCUT2D eigenvalue weighted by molar-refractivity contribution is -0.161. The molecule has 0 rings (SSSR count). The molecule has 12 nitrogen and oxygen atoms in total. The second-order valence-corrected chi connectivity index (χ2v) is 16.1. The van der Waals surface area contributed by atoms with E-state index in [1.807, 2.05) is 18.2 Å². The molecule has 0 fully saturated rings. The van der Waals surface area contributed by atoms with Crippen molar-refractivity contribution in [2.24, 2.45) is 5.73 Å². The van der Waals surface area contributed by atoms with Gasteiger partial charge in [0, 0.05) is 12.8 Å². The van der Waals surface area contributed by atoms with E-state index < -0.39 is 63.8 Å². The zero-order chi connectivity index (χ0) is 45.1. The predicted octanol–water partition coefficient (Wildman–Crippen LogP) is 11.0. The molecule has 0 saturated carbocycles. The number of hydrogen-bond donors (Lipinski definition) is 4. The smallest absolute Gasteiger partial charge is 0.472 e. The number of esters is 2. The van der Waals surface area contributed by atoms with Gasteiger partial charge in [0.25, 0.3) is 0 Å². The number of phosphoric acid groups is 1. The van der Waals surface area contributed by atoms with Crippen LogP contribution in [-0.2, 0) is 37.5 Å². The molecule has 0 spiro atoms. The highest BCUT2D eigenvalue weighted by Crippen LogP contribution is 2.43. The fourth-order valence-corrected chi connectivity index (χ4v) is 6.07. The van der Waals surface area contributed by atoms with E-state index >= 15 is 0 Å². The van der Waals surface area contributed by atoms with Crippen LogP contribution in [0.15, 0.2) is 97.2 Å². The fraction of sp³-hybridized carbons (Fsp3) is 0.604. The van der Waals surface area contributed by atoms with Crippen molar-refractivity contribution in [3.8, 4) is 0 Å². The number of phosphoric ester groups is 1. The normalized spacial score (nSPS) is 15.1. The van der Waals surface area contributed by atoms with Crippen LogP contribution in [0.2, 0.25) is 0 Å². The first-order valence-corrected chi connectivity index (χ1v) is 23.9. The van der Waals surface area contributed by atoms with Crippen LogP contribution in [0.25, 0.3) is 0 Å². The van der Waals surface area contributed by atoms with Gasteiger partial charge in [-0.2, -0.15) is 0 Å². The van der Waals surface area contributed by atoms with E-state index in [1.165, 1.54) is 38.5 Å². The third-order valence-electron chi connectivity index (χ3n) is 8.89. The third kappa shape index (κ3) is 41.5. The second-order valence-electron chi connectivity index (χ2n) is 14.7. The number of carbonyl (C=O) groups is 3. The van der Waals surface area contributed by atoms with Crippen LogP contribution in [0, 0.1) is 0 Å². The predicted molar refractivity (Wildman–Crippen MR) is 246 cm³/mol. The summed E-state index contributed by atoms with van der Waals surface area (Å²) in [6.45, 7) is 2.54. The van der Waals surface area contributed by atoms with Gasteiger partial charge in [0.2, 0.25) is 0 Å². The molecule has 0 saturated heterocycles. The maximum absolute atomic E-state index is 12.6. The second kappa shape index (κ2) is 41.7. The Balaban J connectivity index is 4.61. The van der Waals surface area contributed by atoms with Gasteiger partial charge in [-0.15, -0.1) is 0 Å². The maximum Gasteiger partial charge on any atom is 0.472 e. The monoisotopic (exact) mass is 876 g/mol. The standard InChI is InChI=1S/C48H78NO11P/c1-3-5-7-9-11-13-14-15-16-17-18-19-20-21-22-24-26-30-34-38-46(51)57-40-44(41-58-61(55,56)59-42-45(49)48(53)54)60-47(52)39-35-31-27-29-33-37-43(50)36-32-28-25-23-12-10-8-6-4-2/h11-13,15-16,18-19,21-23,27-29,32-33,37,43-45,50H,3-10,14,17,20,24-26,30-31,34-36,38-42,49H2,1-2H3,(H,53,54)(H,55,56)/b13-11-,16-15-,19-18-,22-21-,23-12-,29-27+,32-28-,37-33-/t43?,44-,45+/m1/s1. The minimum absolute atomic E-state index is 0.0131. The average molecular weight is 876 g/mol. The summed E-state index contributed by atoms with van der Waals surface area (Å²) in [5.74, 6) is -2.58. The summed E-state index contributed by atoms with van der Waals surface area (Å²) in [4.78, 5) is 46.0. The lowest BCUT2D eigenvalue weighted by Gasteiger charge is -2.20. The highest BCUT2D eigenvalue weighted by atomic mass is 31.2. The molecule has 13 heteroatoms. The lowest BCUT2D eigenvalue weighted by Crippen LogP contribution is -2.34. The number of unbranched alkanes of at least 4 members (excludes halogenated alkanes) is 10. The summed E-state index contributed by atoms with van der Waals surface area (Å²) in [5.41, 5.74) is 5.32. The van der Waals surface area contributed by atoms with E-state index in [4.69, 9.17) is 24.8 Å². The van der Waals surface area contributed by atoms with Crippen molar-refractivity contribution in [2.45, 2.75) is 167 Å². The van der Waals surface area contributed by atoms with E-state index in [0.717, 1.165) is 57.8 Å². The van der Waals surface area contributed by atoms with Crippen molar-refractivity contribution in [3.63, 3.8) is 0 Å². The number of carboxylic acid groups (broad SMARTS) is 1. The molecule has 0 bridgehead atoms. The lowest BCUT2D eigenvalue weighted by atomic mass is 10.1. The van der Waals surface area contributed by atoms with Crippen LogP contribution in [0.1, 0.15) is 149 Å². The largest absolute Gasteiger partial charge is 0.480 e. The molecule has 0 aromatic rings. The Labute approximate surface area is 367 Å². The maximum atomic E-state index is 12.6. The molecule has 0 amide bonds. The van der Waals surface area contributed by atoms with E-state index in [2.05, 4.69) is 79.1 Å². The molecule has 346 valence electrons. The van der Waals surface area contributed by atoms with Gasteiger partial charge in [0.05, 0.1) is 19.3 Å². The summed E-state index contributed by atoms with van der Waals surface area (Å²) in [6, 6.07) is -1.55. The first kappa shape index (κ1) is 57.4. The summed E-state index contributed by atoms with van der Waals surface area (Å²) in [5, 5.41) is 19.0. The molecular formula is C48H78NO11P. The first-order chi connectivity index (χ1) is 29.5. The molecule has 5 N–H and O–H groups in total. The van der Waals surface area contributed by atoms with Crippen LogP contribution in [-0.4, -0.2) is 71.1 Å². The van der Waals surface area contributed by atoms with E-state index in [9.17, 15) is 28.9 Å². The molecule has 0 aliphatic rings. The number of nitrogens with two attached hydrogens (primary N) is 1. The number of rotatable bonds is 40. The minimum atomic E-state index is -4.77. The highest BCUT2D eigenvalue weighted by Gasteiger charge is 2.28. The Hall–Kier alpha value is -3.64. The number of aliphatic hydroxyl groups excluding tert-OH is 1. The first-order valence-electron chi connectivity index (χ1n) is 22.4. The zero-order valence-electron chi connectivity index (χ0n) is 37.1. The summed E-state index contributed by atoms with van der Waals surface area (Å²) in [7, 11) is -4.77. The van der Waals surface area contributed by atoms with Crippen molar-refractivity contribution in [1.29, 1.82) is 0 Å². The Morgan fingerprint density at radius 2 is 1.08 bits per heavy atom. The van der Waals surface area contributed by atoms with Gasteiger partial charge in [-0.3, -0.25) is 23.4 Å². The molecule has 4 atom stereocenters. The van der Waals surface area contributed by atoms with Gasteiger partial charge in [-0.05, 0) is 89.9 Å². The number of carbonyl (C=O) groups excluding carboxylic acids is 2. The molecule has 0 aromatic heterocycles. The molecule has 61 heavy (non-hydrogen) atoms. The number of hydrogen-bond acceptors (Lipinski definition) is 10. The van der Waals surface area contributed by atoms with Crippen molar-refractivity contribution in [3.05, 3.63) is 97.2 Å². The molecule has 0 aliphatic carbocycles. The average Bonchev–Trinajstić information content (AvgIpc) is 3.23. The molecule has 0 radical (unpaired) electrons. The van der Waals surface area contributed by atoms with Crippen LogP contribution in [0.4, 0.5) is 0 Å². The van der Waals surface area contributed by atoms with Gasteiger partial charge in [-0.25, -0.2) is 4.57 Å². The third-order valence-corrected chi connectivity index (χ3v) is 9.84. The Morgan fingerprint density at radius 3 is 1.64 bits per heavy atom. The highest BCUT2D eigenvalue weighted by molar-refractivity contribution is 7.47. The zero-order valence-corrected chi connectivity index (χ0v) is 38.0. The summed E-state index contributed by atoms with van der Waals surface area (Å²) < 4.78 is 32.6. The number of ether oxygens (including phenoxy) is 2. The van der Waals surface area contributed by atoms with Gasteiger partial charge < -0.3 is 30.3 Å². The van der Waals surface area contributed by atoms with E-state index in [1.54, 1.807) is 18.2 Å². The SMILES string of the molecule is CCCCC/C=C\C/C=C\C/C=C\C/C=C\CCCCCC(=O)OC[C@H](COP(=O)(O)OC[C@H](N)C(=O)O)OC(=O)CCC/C=C/C=C\C(O)C/C=C\C/C=C\CCCCC. The molecule has 0 aliphatic heterocycles. The minimum Gasteiger partial charge on any atom is -0.480 e. The van der Waals surface area contributed by atoms with Gasteiger partial charge >= 0.3 is 25.7 Å².